The Morgan fingerprint density at radius 2 is 2.00 bits per heavy atom. The fourth-order valence-electron chi connectivity index (χ4n) is 2.64. The molecule has 1 saturated carbocycles. The maximum absolute atomic E-state index is 12.4. The predicted octanol–water partition coefficient (Wildman–Crippen LogP) is 1.92. The molecule has 120 valence electrons. The Bertz CT molecular complexity index is 363. The lowest BCUT2D eigenvalue weighted by Crippen LogP contribution is -2.61. The topological polar surface area (TPSA) is 67.4 Å². The first-order chi connectivity index (χ1) is 10.1. The molecule has 0 aromatic heterocycles. The third kappa shape index (κ3) is 5.16. The zero-order valence-electron chi connectivity index (χ0n) is 13.2. The molecule has 1 aliphatic rings. The molecule has 0 spiro atoms. The molecule has 0 heterocycles. The van der Waals surface area contributed by atoms with E-state index >= 15 is 0 Å². The number of hydrogen-bond donors (Lipinski definition) is 2. The monoisotopic (exact) mass is 296 g/mol. The molecule has 0 aromatic rings. The lowest BCUT2D eigenvalue weighted by atomic mass is 9.80. The zero-order valence-corrected chi connectivity index (χ0v) is 13.2. The predicted molar refractivity (Wildman–Crippen MR) is 82.9 cm³/mol. The summed E-state index contributed by atoms with van der Waals surface area (Å²) in [5.41, 5.74) is -0.762. The summed E-state index contributed by atoms with van der Waals surface area (Å²) in [5, 5.41) is 5.79. The first-order valence-electron chi connectivity index (χ1n) is 7.88. The SMILES string of the molecule is C=CCCOC(C)C(=O)NC1(C(=O)NCC)CCCCC1. The second kappa shape index (κ2) is 8.82. The smallest absolute Gasteiger partial charge is 0.249 e. The number of carbonyl (C=O) groups excluding carboxylic acids is 2. The molecule has 1 rings (SSSR count). The minimum Gasteiger partial charge on any atom is -0.368 e. The summed E-state index contributed by atoms with van der Waals surface area (Å²) in [7, 11) is 0. The molecular weight excluding hydrogens is 268 g/mol. The Labute approximate surface area is 127 Å². The van der Waals surface area contributed by atoms with Crippen LogP contribution in [0.3, 0.4) is 0 Å². The van der Waals surface area contributed by atoms with Crippen LogP contribution in [-0.2, 0) is 14.3 Å². The van der Waals surface area contributed by atoms with E-state index in [1.807, 2.05) is 6.92 Å². The Morgan fingerprint density at radius 3 is 2.57 bits per heavy atom. The second-order valence-electron chi connectivity index (χ2n) is 5.58. The van der Waals surface area contributed by atoms with Gasteiger partial charge in [-0.15, -0.1) is 6.58 Å². The van der Waals surface area contributed by atoms with Crippen molar-refractivity contribution in [1.29, 1.82) is 0 Å². The molecule has 0 aliphatic heterocycles. The molecule has 5 nitrogen and oxygen atoms in total. The highest BCUT2D eigenvalue weighted by Crippen LogP contribution is 2.28. The average Bonchev–Trinajstić information content (AvgIpc) is 2.48. The van der Waals surface area contributed by atoms with Crippen molar-refractivity contribution in [3.8, 4) is 0 Å². The van der Waals surface area contributed by atoms with Gasteiger partial charge in [-0.3, -0.25) is 9.59 Å². The highest BCUT2D eigenvalue weighted by atomic mass is 16.5. The largest absolute Gasteiger partial charge is 0.368 e. The zero-order chi connectivity index (χ0) is 15.7. The van der Waals surface area contributed by atoms with Gasteiger partial charge in [0, 0.05) is 6.54 Å². The van der Waals surface area contributed by atoms with Crippen LogP contribution in [0.1, 0.15) is 52.4 Å². The Balaban J connectivity index is 2.65. The van der Waals surface area contributed by atoms with Gasteiger partial charge in [0.25, 0.3) is 0 Å². The first-order valence-corrected chi connectivity index (χ1v) is 7.88. The van der Waals surface area contributed by atoms with E-state index in [1.54, 1.807) is 13.0 Å². The molecule has 2 N–H and O–H groups in total. The maximum atomic E-state index is 12.4. The summed E-state index contributed by atoms with van der Waals surface area (Å²) in [5.74, 6) is -0.288. The van der Waals surface area contributed by atoms with E-state index < -0.39 is 11.6 Å². The molecule has 0 bridgehead atoms. The van der Waals surface area contributed by atoms with Crippen molar-refractivity contribution in [2.24, 2.45) is 0 Å². The van der Waals surface area contributed by atoms with Crippen molar-refractivity contribution < 1.29 is 14.3 Å². The van der Waals surface area contributed by atoms with Crippen LogP contribution in [0.5, 0.6) is 0 Å². The van der Waals surface area contributed by atoms with E-state index in [4.69, 9.17) is 4.74 Å². The van der Waals surface area contributed by atoms with Crippen LogP contribution in [0.25, 0.3) is 0 Å². The summed E-state index contributed by atoms with van der Waals surface area (Å²) >= 11 is 0. The number of nitrogens with one attached hydrogen (secondary N) is 2. The number of amides is 2. The van der Waals surface area contributed by atoms with Gasteiger partial charge in [0.2, 0.25) is 11.8 Å². The molecule has 1 aliphatic carbocycles. The fraction of sp³-hybridized carbons (Fsp3) is 0.750. The van der Waals surface area contributed by atoms with Crippen LogP contribution in [-0.4, -0.2) is 36.6 Å². The normalized spacial score (nSPS) is 18.6. The number of hydrogen-bond acceptors (Lipinski definition) is 3. The van der Waals surface area contributed by atoms with E-state index in [1.165, 1.54) is 0 Å². The Morgan fingerprint density at radius 1 is 1.33 bits per heavy atom. The average molecular weight is 296 g/mol. The van der Waals surface area contributed by atoms with E-state index in [2.05, 4.69) is 17.2 Å². The van der Waals surface area contributed by atoms with Crippen LogP contribution in [0.2, 0.25) is 0 Å². The minimum absolute atomic E-state index is 0.0728. The van der Waals surface area contributed by atoms with Crippen LogP contribution in [0.4, 0.5) is 0 Å². The van der Waals surface area contributed by atoms with E-state index in [-0.39, 0.29) is 11.8 Å². The van der Waals surface area contributed by atoms with Crippen molar-refractivity contribution in [3.63, 3.8) is 0 Å². The molecule has 0 aromatic carbocycles. The summed E-state index contributed by atoms with van der Waals surface area (Å²) in [6.07, 6.45) is 6.34. The summed E-state index contributed by atoms with van der Waals surface area (Å²) in [6.45, 7) is 8.25. The third-order valence-corrected chi connectivity index (χ3v) is 3.90. The van der Waals surface area contributed by atoms with Crippen molar-refractivity contribution >= 4 is 11.8 Å². The first kappa shape index (κ1) is 17.7. The van der Waals surface area contributed by atoms with E-state index in [0.717, 1.165) is 19.3 Å². The quantitative estimate of drug-likeness (QED) is 0.531. The highest BCUT2D eigenvalue weighted by molar-refractivity contribution is 5.92. The minimum atomic E-state index is -0.762. The van der Waals surface area contributed by atoms with Crippen molar-refractivity contribution in [1.82, 2.24) is 10.6 Å². The van der Waals surface area contributed by atoms with Crippen molar-refractivity contribution in [2.75, 3.05) is 13.2 Å². The highest BCUT2D eigenvalue weighted by Gasteiger charge is 2.41. The summed E-state index contributed by atoms with van der Waals surface area (Å²) in [6, 6.07) is 0. The molecule has 21 heavy (non-hydrogen) atoms. The van der Waals surface area contributed by atoms with Crippen LogP contribution in [0.15, 0.2) is 12.7 Å². The standard InChI is InChI=1S/C16H28N2O3/c1-4-6-12-21-13(3)14(19)18-16(15(20)17-5-2)10-8-7-9-11-16/h4,13H,1,5-12H2,2-3H3,(H,17,20)(H,18,19). The van der Waals surface area contributed by atoms with Gasteiger partial charge in [-0.1, -0.05) is 25.3 Å². The molecule has 1 fully saturated rings. The van der Waals surface area contributed by atoms with E-state index in [0.29, 0.717) is 32.4 Å². The van der Waals surface area contributed by atoms with Gasteiger partial charge < -0.3 is 15.4 Å². The number of rotatable bonds is 8. The molecule has 0 radical (unpaired) electrons. The van der Waals surface area contributed by atoms with Gasteiger partial charge in [-0.05, 0) is 33.1 Å². The second-order valence-corrected chi connectivity index (χ2v) is 5.58. The number of carbonyl (C=O) groups is 2. The van der Waals surface area contributed by atoms with Crippen LogP contribution >= 0.6 is 0 Å². The van der Waals surface area contributed by atoms with Gasteiger partial charge in [-0.25, -0.2) is 0 Å². The van der Waals surface area contributed by atoms with E-state index in [9.17, 15) is 9.59 Å². The molecular formula is C16H28N2O3. The van der Waals surface area contributed by atoms with Gasteiger partial charge in [0.05, 0.1) is 6.61 Å². The molecule has 2 amide bonds. The third-order valence-electron chi connectivity index (χ3n) is 3.90. The lowest BCUT2D eigenvalue weighted by Gasteiger charge is -2.37. The molecule has 1 unspecified atom stereocenters. The van der Waals surface area contributed by atoms with Crippen LogP contribution < -0.4 is 10.6 Å². The molecule has 5 heteroatoms. The fourth-order valence-corrected chi connectivity index (χ4v) is 2.64. The van der Waals surface area contributed by atoms with Gasteiger partial charge in [0.1, 0.15) is 11.6 Å². The van der Waals surface area contributed by atoms with Crippen LogP contribution in [0, 0.1) is 0 Å². The van der Waals surface area contributed by atoms with Gasteiger partial charge >= 0.3 is 0 Å². The maximum Gasteiger partial charge on any atom is 0.249 e. The molecule has 1 atom stereocenters. The lowest BCUT2D eigenvalue weighted by molar-refractivity contribution is -0.140. The summed E-state index contributed by atoms with van der Waals surface area (Å²) in [4.78, 5) is 24.6. The van der Waals surface area contributed by atoms with Gasteiger partial charge in [-0.2, -0.15) is 0 Å². The Kier molecular flexibility index (Phi) is 7.43. The molecule has 0 saturated heterocycles. The van der Waals surface area contributed by atoms with Gasteiger partial charge in [0.15, 0.2) is 0 Å². The van der Waals surface area contributed by atoms with Crippen molar-refractivity contribution in [2.45, 2.75) is 64.0 Å². The Hall–Kier alpha value is -1.36. The number of ether oxygens (including phenoxy) is 1. The number of likely N-dealkylation sites (N-methyl/N-ethyl adjacent to an activating group) is 1. The van der Waals surface area contributed by atoms with Crippen molar-refractivity contribution in [3.05, 3.63) is 12.7 Å². The summed E-state index contributed by atoms with van der Waals surface area (Å²) < 4.78 is 5.46.